The first-order chi connectivity index (χ1) is 10.8. The summed E-state index contributed by atoms with van der Waals surface area (Å²) in [7, 11) is 1.64. The number of benzene rings is 2. The molecular weight excluding hydrogens is 276 g/mol. The Bertz CT molecular complexity index is 757. The molecule has 0 radical (unpaired) electrons. The third-order valence-corrected chi connectivity index (χ3v) is 3.31. The second-order valence-electron chi connectivity index (χ2n) is 4.70. The van der Waals surface area contributed by atoms with Gasteiger partial charge in [-0.3, -0.25) is 5.43 Å². The van der Waals surface area contributed by atoms with Crippen LogP contribution in [0.4, 0.5) is 5.95 Å². The molecule has 22 heavy (non-hydrogen) atoms. The van der Waals surface area contributed by atoms with Crippen LogP contribution in [-0.4, -0.2) is 17.1 Å². The van der Waals surface area contributed by atoms with Gasteiger partial charge in [0.25, 0.3) is 0 Å². The Kier molecular flexibility index (Phi) is 3.98. The van der Waals surface area contributed by atoms with Crippen molar-refractivity contribution >= 4 is 5.95 Å². The zero-order chi connectivity index (χ0) is 15.4. The van der Waals surface area contributed by atoms with Crippen LogP contribution in [0.25, 0.3) is 22.5 Å². The van der Waals surface area contributed by atoms with Crippen molar-refractivity contribution in [1.82, 2.24) is 9.97 Å². The van der Waals surface area contributed by atoms with E-state index in [4.69, 9.17) is 10.6 Å². The molecule has 110 valence electrons. The minimum atomic E-state index is 0.382. The molecule has 0 fully saturated rings. The monoisotopic (exact) mass is 292 g/mol. The van der Waals surface area contributed by atoms with Gasteiger partial charge in [0.1, 0.15) is 5.75 Å². The SMILES string of the molecule is COc1ccc(-c2cc(-c3ccccc3)nc(NN)n2)cc1. The van der Waals surface area contributed by atoms with E-state index in [9.17, 15) is 0 Å². The molecular formula is C17H16N4O. The largest absolute Gasteiger partial charge is 0.497 e. The second-order valence-corrected chi connectivity index (χ2v) is 4.70. The maximum Gasteiger partial charge on any atom is 0.238 e. The average Bonchev–Trinajstić information content (AvgIpc) is 2.62. The highest BCUT2D eigenvalue weighted by molar-refractivity contribution is 5.69. The summed E-state index contributed by atoms with van der Waals surface area (Å²) in [6, 6.07) is 19.6. The molecule has 3 rings (SSSR count). The highest BCUT2D eigenvalue weighted by Crippen LogP contribution is 2.26. The molecule has 0 bridgehead atoms. The predicted molar refractivity (Wildman–Crippen MR) is 87.3 cm³/mol. The molecule has 0 unspecified atom stereocenters. The van der Waals surface area contributed by atoms with Crippen LogP contribution in [0.2, 0.25) is 0 Å². The summed E-state index contributed by atoms with van der Waals surface area (Å²) >= 11 is 0. The van der Waals surface area contributed by atoms with E-state index in [0.29, 0.717) is 5.95 Å². The van der Waals surface area contributed by atoms with Crippen molar-refractivity contribution in [3.63, 3.8) is 0 Å². The second kappa shape index (κ2) is 6.24. The van der Waals surface area contributed by atoms with Crippen LogP contribution in [-0.2, 0) is 0 Å². The minimum absolute atomic E-state index is 0.382. The van der Waals surface area contributed by atoms with Crippen molar-refractivity contribution in [3.8, 4) is 28.3 Å². The van der Waals surface area contributed by atoms with E-state index in [1.54, 1.807) is 7.11 Å². The number of nitrogens with two attached hydrogens (primary N) is 1. The van der Waals surface area contributed by atoms with Crippen LogP contribution >= 0.6 is 0 Å². The Labute approximate surface area is 128 Å². The van der Waals surface area contributed by atoms with Gasteiger partial charge < -0.3 is 4.74 Å². The molecule has 0 atom stereocenters. The van der Waals surface area contributed by atoms with Gasteiger partial charge in [0, 0.05) is 11.1 Å². The Balaban J connectivity index is 2.07. The number of aromatic nitrogens is 2. The van der Waals surface area contributed by atoms with Gasteiger partial charge in [-0.1, -0.05) is 30.3 Å². The van der Waals surface area contributed by atoms with Crippen molar-refractivity contribution in [2.75, 3.05) is 12.5 Å². The summed E-state index contributed by atoms with van der Waals surface area (Å²) in [6.07, 6.45) is 0. The van der Waals surface area contributed by atoms with E-state index in [-0.39, 0.29) is 0 Å². The molecule has 0 amide bonds. The average molecular weight is 292 g/mol. The van der Waals surface area contributed by atoms with Crippen LogP contribution in [0.1, 0.15) is 0 Å². The first-order valence-corrected chi connectivity index (χ1v) is 6.85. The molecule has 0 aliphatic heterocycles. The van der Waals surface area contributed by atoms with E-state index < -0.39 is 0 Å². The van der Waals surface area contributed by atoms with E-state index >= 15 is 0 Å². The zero-order valence-electron chi connectivity index (χ0n) is 12.2. The number of methoxy groups -OCH3 is 1. The first-order valence-electron chi connectivity index (χ1n) is 6.85. The molecule has 2 aromatic carbocycles. The quantitative estimate of drug-likeness (QED) is 0.571. The molecule has 3 N–H and O–H groups in total. The molecule has 5 nitrogen and oxygen atoms in total. The number of nitrogens with zero attached hydrogens (tertiary/aromatic N) is 2. The molecule has 5 heteroatoms. The fourth-order valence-electron chi connectivity index (χ4n) is 2.18. The molecule has 0 aliphatic carbocycles. The summed E-state index contributed by atoms with van der Waals surface area (Å²) in [5.74, 6) is 6.68. The minimum Gasteiger partial charge on any atom is -0.497 e. The Hall–Kier alpha value is -2.92. The van der Waals surface area contributed by atoms with Gasteiger partial charge in [-0.25, -0.2) is 15.8 Å². The maximum atomic E-state index is 5.49. The van der Waals surface area contributed by atoms with Gasteiger partial charge in [0.15, 0.2) is 0 Å². The van der Waals surface area contributed by atoms with Gasteiger partial charge in [0.2, 0.25) is 5.95 Å². The summed E-state index contributed by atoms with van der Waals surface area (Å²) in [4.78, 5) is 8.82. The molecule has 0 spiro atoms. The Morgan fingerprint density at radius 1 is 0.864 bits per heavy atom. The number of anilines is 1. The van der Waals surface area contributed by atoms with Crippen LogP contribution in [0.5, 0.6) is 5.75 Å². The molecule has 0 saturated heterocycles. The van der Waals surface area contributed by atoms with E-state index in [1.807, 2.05) is 60.7 Å². The van der Waals surface area contributed by atoms with E-state index in [0.717, 1.165) is 28.3 Å². The summed E-state index contributed by atoms with van der Waals surface area (Å²) in [5, 5.41) is 0. The van der Waals surface area contributed by atoms with Crippen LogP contribution in [0.3, 0.4) is 0 Å². The molecule has 0 aliphatic rings. The fraction of sp³-hybridized carbons (Fsp3) is 0.0588. The number of nitrogen functional groups attached to an aromatic ring is 1. The standard InChI is InChI=1S/C17H16N4O/c1-22-14-9-7-13(8-10-14)16-11-15(19-17(20-16)21-18)12-5-3-2-4-6-12/h2-11H,18H2,1H3,(H,19,20,21). The zero-order valence-corrected chi connectivity index (χ0v) is 12.2. The van der Waals surface area contributed by atoms with E-state index in [1.165, 1.54) is 0 Å². The third kappa shape index (κ3) is 2.89. The fourth-order valence-corrected chi connectivity index (χ4v) is 2.18. The van der Waals surface area contributed by atoms with Gasteiger partial charge in [-0.15, -0.1) is 0 Å². The molecule has 3 aromatic rings. The van der Waals surface area contributed by atoms with Crippen molar-refractivity contribution in [1.29, 1.82) is 0 Å². The highest BCUT2D eigenvalue weighted by atomic mass is 16.5. The number of hydrogen-bond donors (Lipinski definition) is 2. The number of nitrogens with one attached hydrogen (secondary N) is 1. The first kappa shape index (κ1) is 14.0. The topological polar surface area (TPSA) is 73.1 Å². The third-order valence-electron chi connectivity index (χ3n) is 3.31. The molecule has 1 heterocycles. The normalized spacial score (nSPS) is 10.3. The van der Waals surface area contributed by atoms with Crippen molar-refractivity contribution in [2.24, 2.45) is 5.84 Å². The summed E-state index contributed by atoms with van der Waals surface area (Å²) in [5.41, 5.74) is 6.11. The number of ether oxygens (including phenoxy) is 1. The maximum absolute atomic E-state index is 5.49. The molecule has 0 saturated carbocycles. The van der Waals surface area contributed by atoms with Crippen LogP contribution in [0, 0.1) is 0 Å². The Morgan fingerprint density at radius 3 is 2.00 bits per heavy atom. The van der Waals surface area contributed by atoms with Gasteiger partial charge in [0.05, 0.1) is 18.5 Å². The number of rotatable bonds is 4. The van der Waals surface area contributed by atoms with Crippen LogP contribution < -0.4 is 16.0 Å². The Morgan fingerprint density at radius 2 is 1.45 bits per heavy atom. The predicted octanol–water partition coefficient (Wildman–Crippen LogP) is 3.10. The van der Waals surface area contributed by atoms with Gasteiger partial charge >= 0.3 is 0 Å². The summed E-state index contributed by atoms with van der Waals surface area (Å²) < 4.78 is 5.18. The number of hydrogen-bond acceptors (Lipinski definition) is 5. The summed E-state index contributed by atoms with van der Waals surface area (Å²) in [6.45, 7) is 0. The van der Waals surface area contributed by atoms with Crippen molar-refractivity contribution < 1.29 is 4.74 Å². The van der Waals surface area contributed by atoms with Crippen LogP contribution in [0.15, 0.2) is 60.7 Å². The highest BCUT2D eigenvalue weighted by Gasteiger charge is 2.08. The lowest BCUT2D eigenvalue weighted by Crippen LogP contribution is -2.11. The number of hydrazine groups is 1. The van der Waals surface area contributed by atoms with Crippen molar-refractivity contribution in [3.05, 3.63) is 60.7 Å². The molecule has 1 aromatic heterocycles. The van der Waals surface area contributed by atoms with Gasteiger partial charge in [-0.05, 0) is 30.3 Å². The lowest BCUT2D eigenvalue weighted by atomic mass is 10.1. The lowest BCUT2D eigenvalue weighted by molar-refractivity contribution is 0.415. The van der Waals surface area contributed by atoms with Crippen molar-refractivity contribution in [2.45, 2.75) is 0 Å². The lowest BCUT2D eigenvalue weighted by Gasteiger charge is -2.08. The van der Waals surface area contributed by atoms with Gasteiger partial charge in [-0.2, -0.15) is 0 Å². The van der Waals surface area contributed by atoms with E-state index in [2.05, 4.69) is 15.4 Å². The smallest absolute Gasteiger partial charge is 0.238 e.